The topological polar surface area (TPSA) is 41.8 Å². The fourth-order valence-electron chi connectivity index (χ4n) is 1.77. The number of imidazole rings is 1. The number of aromatic amines is 1. The van der Waals surface area contributed by atoms with Crippen LogP contribution in [0.25, 0.3) is 22.7 Å². The summed E-state index contributed by atoms with van der Waals surface area (Å²) in [5.74, 6) is 1.01. The molecular weight excluding hydrogens is 219 g/mol. The van der Waals surface area contributed by atoms with Crippen molar-refractivity contribution in [2.24, 2.45) is 0 Å². The van der Waals surface area contributed by atoms with Gasteiger partial charge in [0.05, 0.1) is 6.26 Å². The van der Waals surface area contributed by atoms with Crippen LogP contribution in [0.5, 0.6) is 0 Å². The molecule has 3 nitrogen and oxygen atoms in total. The number of hydrogen-bond donors (Lipinski definition) is 1. The zero-order valence-electron chi connectivity index (χ0n) is 8.85. The third-order valence-corrected chi connectivity index (χ3v) is 2.52. The number of hydrogen-bond acceptors (Lipinski definition) is 2. The number of benzene rings is 1. The minimum atomic E-state index is -0.299. The van der Waals surface area contributed by atoms with Crippen molar-refractivity contribution < 1.29 is 8.81 Å². The molecular formula is C13H9FN2O. The Morgan fingerprint density at radius 2 is 2.12 bits per heavy atom. The van der Waals surface area contributed by atoms with Gasteiger partial charge in [-0.15, -0.1) is 0 Å². The van der Waals surface area contributed by atoms with E-state index in [1.54, 1.807) is 36.9 Å². The molecule has 0 spiro atoms. The van der Waals surface area contributed by atoms with E-state index in [0.717, 1.165) is 5.56 Å². The molecule has 0 amide bonds. The first-order chi connectivity index (χ1) is 8.34. The highest BCUT2D eigenvalue weighted by atomic mass is 19.1. The first-order valence-electron chi connectivity index (χ1n) is 5.18. The molecule has 0 bridgehead atoms. The number of halogens is 1. The Kier molecular flexibility index (Phi) is 2.26. The molecule has 0 radical (unpaired) electrons. The van der Waals surface area contributed by atoms with Gasteiger partial charge in [0.25, 0.3) is 0 Å². The Morgan fingerprint density at radius 1 is 1.18 bits per heavy atom. The molecule has 0 fully saturated rings. The Labute approximate surface area is 96.9 Å². The van der Waals surface area contributed by atoms with Crippen molar-refractivity contribution in [3.05, 3.63) is 54.8 Å². The summed E-state index contributed by atoms with van der Waals surface area (Å²) in [6.45, 7) is 0. The third-order valence-electron chi connectivity index (χ3n) is 2.52. The number of nitrogens with one attached hydrogen (secondary N) is 1. The monoisotopic (exact) mass is 228 g/mol. The number of rotatable bonds is 2. The van der Waals surface area contributed by atoms with E-state index in [1.165, 1.54) is 12.1 Å². The van der Waals surface area contributed by atoms with E-state index in [2.05, 4.69) is 9.97 Å². The first kappa shape index (κ1) is 9.84. The van der Waals surface area contributed by atoms with Gasteiger partial charge in [-0.05, 0) is 30.3 Å². The first-order valence-corrected chi connectivity index (χ1v) is 5.18. The maximum Gasteiger partial charge on any atom is 0.138 e. The highest BCUT2D eigenvalue weighted by molar-refractivity contribution is 5.77. The van der Waals surface area contributed by atoms with E-state index in [9.17, 15) is 4.39 Å². The molecule has 84 valence electrons. The Bertz CT molecular complexity index is 615. The summed E-state index contributed by atoms with van der Waals surface area (Å²) in [5, 5.41) is 0. The summed E-state index contributed by atoms with van der Waals surface area (Å²) in [7, 11) is 0. The summed E-state index contributed by atoms with van der Waals surface area (Å²) in [6, 6.07) is 8.10. The van der Waals surface area contributed by atoms with Crippen molar-refractivity contribution >= 4 is 0 Å². The van der Waals surface area contributed by atoms with Gasteiger partial charge in [-0.1, -0.05) is 0 Å². The van der Waals surface area contributed by atoms with Crippen molar-refractivity contribution in [2.45, 2.75) is 0 Å². The quantitative estimate of drug-likeness (QED) is 0.729. The van der Waals surface area contributed by atoms with E-state index in [-0.39, 0.29) is 5.82 Å². The fraction of sp³-hybridized carbons (Fsp3) is 0. The molecule has 2 heterocycles. The molecule has 3 aromatic rings. The van der Waals surface area contributed by atoms with Gasteiger partial charge < -0.3 is 9.40 Å². The third kappa shape index (κ3) is 1.73. The van der Waals surface area contributed by atoms with Crippen LogP contribution in [0.2, 0.25) is 0 Å². The second-order valence-electron chi connectivity index (χ2n) is 3.60. The van der Waals surface area contributed by atoms with Crippen molar-refractivity contribution in [1.29, 1.82) is 0 Å². The number of aromatic nitrogens is 2. The van der Waals surface area contributed by atoms with E-state index in [0.29, 0.717) is 17.1 Å². The average molecular weight is 228 g/mol. The maximum atomic E-state index is 13.3. The Morgan fingerprint density at radius 3 is 2.82 bits per heavy atom. The van der Waals surface area contributed by atoms with Crippen LogP contribution in [0.3, 0.4) is 0 Å². The lowest BCUT2D eigenvalue weighted by Gasteiger charge is -2.04. The number of nitrogens with zero attached hydrogens (tertiary/aromatic N) is 1. The lowest BCUT2D eigenvalue weighted by atomic mass is 10.0. The van der Waals surface area contributed by atoms with Gasteiger partial charge in [-0.3, -0.25) is 0 Å². The van der Waals surface area contributed by atoms with Crippen LogP contribution in [0, 0.1) is 5.82 Å². The maximum absolute atomic E-state index is 13.3. The summed E-state index contributed by atoms with van der Waals surface area (Å²) in [6.07, 6.45) is 4.95. The zero-order chi connectivity index (χ0) is 11.7. The molecule has 0 aliphatic heterocycles. The van der Waals surface area contributed by atoms with Crippen molar-refractivity contribution in [1.82, 2.24) is 9.97 Å². The van der Waals surface area contributed by atoms with Crippen LogP contribution in [0.15, 0.2) is 53.4 Å². The molecule has 0 saturated heterocycles. The highest BCUT2D eigenvalue weighted by Crippen LogP contribution is 2.30. The average Bonchev–Trinajstić information content (AvgIpc) is 3.02. The lowest BCUT2D eigenvalue weighted by Crippen LogP contribution is -1.87. The molecule has 4 heteroatoms. The second-order valence-corrected chi connectivity index (χ2v) is 3.60. The molecule has 17 heavy (non-hydrogen) atoms. The summed E-state index contributed by atoms with van der Waals surface area (Å²) >= 11 is 0. The Hall–Kier alpha value is -2.36. The van der Waals surface area contributed by atoms with Crippen molar-refractivity contribution in [3.63, 3.8) is 0 Å². The van der Waals surface area contributed by atoms with E-state index < -0.39 is 0 Å². The highest BCUT2D eigenvalue weighted by Gasteiger charge is 2.12. The number of H-pyrrole nitrogens is 1. The van der Waals surface area contributed by atoms with Crippen LogP contribution >= 0.6 is 0 Å². The summed E-state index contributed by atoms with van der Waals surface area (Å²) in [4.78, 5) is 7.17. The van der Waals surface area contributed by atoms with Crippen LogP contribution in [-0.2, 0) is 0 Å². The summed E-state index contributed by atoms with van der Waals surface area (Å²) in [5.41, 5.74) is 1.50. The molecule has 1 N–H and O–H groups in total. The molecule has 0 atom stereocenters. The van der Waals surface area contributed by atoms with Gasteiger partial charge in [0.1, 0.15) is 17.4 Å². The Balaban J connectivity index is 2.22. The molecule has 0 aliphatic carbocycles. The van der Waals surface area contributed by atoms with E-state index >= 15 is 0 Å². The van der Waals surface area contributed by atoms with Crippen LogP contribution in [0.1, 0.15) is 0 Å². The van der Waals surface area contributed by atoms with Gasteiger partial charge in [0.15, 0.2) is 0 Å². The van der Waals surface area contributed by atoms with Crippen LogP contribution in [0.4, 0.5) is 4.39 Å². The summed E-state index contributed by atoms with van der Waals surface area (Å²) < 4.78 is 18.6. The van der Waals surface area contributed by atoms with Crippen molar-refractivity contribution in [3.8, 4) is 22.7 Å². The van der Waals surface area contributed by atoms with Gasteiger partial charge in [0, 0.05) is 23.5 Å². The van der Waals surface area contributed by atoms with Crippen LogP contribution < -0.4 is 0 Å². The fourth-order valence-corrected chi connectivity index (χ4v) is 1.77. The van der Waals surface area contributed by atoms with Gasteiger partial charge in [-0.25, -0.2) is 9.37 Å². The molecule has 0 unspecified atom stereocenters. The standard InChI is InChI=1S/C13H9FN2O/c14-9-3-4-10(13-15-5-6-16-13)11(8-9)12-2-1-7-17-12/h1-8H,(H,15,16). The largest absolute Gasteiger partial charge is 0.464 e. The molecule has 3 rings (SSSR count). The predicted octanol–water partition coefficient (Wildman–Crippen LogP) is 3.48. The van der Waals surface area contributed by atoms with Gasteiger partial charge >= 0.3 is 0 Å². The SMILES string of the molecule is Fc1ccc(-c2ncc[nH]2)c(-c2ccco2)c1. The van der Waals surface area contributed by atoms with E-state index in [4.69, 9.17) is 4.42 Å². The molecule has 2 aromatic heterocycles. The predicted molar refractivity (Wildman–Crippen MR) is 61.7 cm³/mol. The van der Waals surface area contributed by atoms with Crippen LogP contribution in [-0.4, -0.2) is 9.97 Å². The molecule has 0 aliphatic rings. The lowest BCUT2D eigenvalue weighted by molar-refractivity contribution is 0.580. The molecule has 1 aromatic carbocycles. The smallest absolute Gasteiger partial charge is 0.138 e. The number of furan rings is 1. The zero-order valence-corrected chi connectivity index (χ0v) is 8.85. The van der Waals surface area contributed by atoms with Gasteiger partial charge in [0.2, 0.25) is 0 Å². The van der Waals surface area contributed by atoms with Gasteiger partial charge in [-0.2, -0.15) is 0 Å². The minimum Gasteiger partial charge on any atom is -0.464 e. The molecule has 0 saturated carbocycles. The minimum absolute atomic E-state index is 0.299. The van der Waals surface area contributed by atoms with E-state index in [1.807, 2.05) is 0 Å². The van der Waals surface area contributed by atoms with Crippen molar-refractivity contribution in [2.75, 3.05) is 0 Å². The normalized spacial score (nSPS) is 10.6. The second kappa shape index (κ2) is 3.90.